The Hall–Kier alpha value is -1.65. The molecule has 0 aromatic heterocycles. The van der Waals surface area contributed by atoms with E-state index in [0.29, 0.717) is 6.42 Å². The number of aliphatic hydroxyl groups excluding tert-OH is 2. The van der Waals surface area contributed by atoms with Crippen LogP contribution in [-0.2, 0) is 4.79 Å². The van der Waals surface area contributed by atoms with Crippen LogP contribution in [0.15, 0.2) is 48.6 Å². The summed E-state index contributed by atoms with van der Waals surface area (Å²) in [7, 11) is 0. The Bertz CT molecular complexity index is 893. The highest BCUT2D eigenvalue weighted by molar-refractivity contribution is 5.76. The molecule has 0 bridgehead atoms. The minimum absolute atomic E-state index is 0.0741. The van der Waals surface area contributed by atoms with Crippen LogP contribution in [0, 0.1) is 0 Å². The van der Waals surface area contributed by atoms with Crippen molar-refractivity contribution in [1.29, 1.82) is 0 Å². The summed E-state index contributed by atoms with van der Waals surface area (Å²) in [6, 6.07) is -0.637. The number of carbonyl (C=O) groups is 1. The lowest BCUT2D eigenvalue weighted by Gasteiger charge is -2.19. The van der Waals surface area contributed by atoms with Gasteiger partial charge in [-0.15, -0.1) is 0 Å². The van der Waals surface area contributed by atoms with Gasteiger partial charge < -0.3 is 15.5 Å². The van der Waals surface area contributed by atoms with E-state index in [9.17, 15) is 15.0 Å². The van der Waals surface area contributed by atoms with E-state index < -0.39 is 12.1 Å². The van der Waals surface area contributed by atoms with E-state index in [-0.39, 0.29) is 12.5 Å². The van der Waals surface area contributed by atoms with E-state index in [1.54, 1.807) is 6.08 Å². The van der Waals surface area contributed by atoms with Crippen LogP contribution in [0.2, 0.25) is 0 Å². The first-order valence-corrected chi connectivity index (χ1v) is 24.9. The molecule has 0 aromatic carbocycles. The van der Waals surface area contributed by atoms with Crippen molar-refractivity contribution in [2.24, 2.45) is 0 Å². The minimum atomic E-state index is -0.860. The van der Waals surface area contributed by atoms with Crippen LogP contribution in [0.4, 0.5) is 0 Å². The quantitative estimate of drug-likeness (QED) is 0.0425. The highest BCUT2D eigenvalue weighted by Gasteiger charge is 2.17. The molecule has 0 saturated carbocycles. The van der Waals surface area contributed by atoms with Gasteiger partial charge in [0.1, 0.15) is 0 Å². The fourth-order valence-corrected chi connectivity index (χ4v) is 7.46. The van der Waals surface area contributed by atoms with Gasteiger partial charge in [0.25, 0.3) is 0 Å². The number of unbranched alkanes of at least 4 members (excludes halogenated alkanes) is 32. The first-order chi connectivity index (χ1) is 27.7. The topological polar surface area (TPSA) is 69.6 Å². The number of rotatable bonds is 45. The summed E-state index contributed by atoms with van der Waals surface area (Å²) in [4.78, 5) is 12.4. The number of amides is 1. The highest BCUT2D eigenvalue weighted by Crippen LogP contribution is 2.16. The molecule has 3 N–H and O–H groups in total. The summed E-state index contributed by atoms with van der Waals surface area (Å²) in [5.41, 5.74) is 0. The van der Waals surface area contributed by atoms with Gasteiger partial charge in [-0.05, 0) is 64.2 Å². The van der Waals surface area contributed by atoms with Crippen molar-refractivity contribution < 1.29 is 15.0 Å². The van der Waals surface area contributed by atoms with Gasteiger partial charge in [-0.3, -0.25) is 4.79 Å². The van der Waals surface area contributed by atoms with Crippen LogP contribution in [0.3, 0.4) is 0 Å². The van der Waals surface area contributed by atoms with Crippen molar-refractivity contribution in [3.63, 3.8) is 0 Å². The van der Waals surface area contributed by atoms with Crippen LogP contribution in [0.5, 0.6) is 0 Å². The summed E-state index contributed by atoms with van der Waals surface area (Å²) >= 11 is 0. The molecule has 0 radical (unpaired) electrons. The number of allylic oxidation sites excluding steroid dienone is 7. The van der Waals surface area contributed by atoms with Crippen molar-refractivity contribution in [3.05, 3.63) is 48.6 Å². The number of hydrogen-bond acceptors (Lipinski definition) is 3. The fraction of sp³-hybridized carbons (Fsp3) is 0.827. The van der Waals surface area contributed by atoms with E-state index in [0.717, 1.165) is 38.5 Å². The van der Waals surface area contributed by atoms with Gasteiger partial charge in [0.2, 0.25) is 5.91 Å². The van der Waals surface area contributed by atoms with E-state index in [1.165, 1.54) is 199 Å². The molecule has 0 aromatic rings. The molecule has 4 heteroatoms. The molecule has 0 aliphatic rings. The fourth-order valence-electron chi connectivity index (χ4n) is 7.46. The number of nitrogens with one attached hydrogen (secondary N) is 1. The normalized spacial score (nSPS) is 13.3. The molecule has 0 spiro atoms. The molecular formula is C52H97NO3. The number of aliphatic hydroxyl groups is 2. The monoisotopic (exact) mass is 784 g/mol. The smallest absolute Gasteiger partial charge is 0.220 e. The van der Waals surface area contributed by atoms with Gasteiger partial charge >= 0.3 is 0 Å². The zero-order valence-corrected chi connectivity index (χ0v) is 37.7. The molecule has 0 aliphatic carbocycles. The van der Waals surface area contributed by atoms with Gasteiger partial charge in [-0.1, -0.05) is 236 Å². The van der Waals surface area contributed by atoms with Crippen LogP contribution >= 0.6 is 0 Å². The molecule has 1 amide bonds. The van der Waals surface area contributed by atoms with Crippen molar-refractivity contribution in [3.8, 4) is 0 Å². The van der Waals surface area contributed by atoms with E-state index in [2.05, 4.69) is 55.6 Å². The maximum Gasteiger partial charge on any atom is 0.220 e. The molecule has 0 rings (SSSR count). The molecule has 56 heavy (non-hydrogen) atoms. The lowest BCUT2D eigenvalue weighted by atomic mass is 10.0. The van der Waals surface area contributed by atoms with E-state index in [1.807, 2.05) is 6.08 Å². The third-order valence-corrected chi connectivity index (χ3v) is 11.3. The van der Waals surface area contributed by atoms with Gasteiger partial charge in [0.05, 0.1) is 18.8 Å². The molecule has 0 fully saturated rings. The average Bonchev–Trinajstić information content (AvgIpc) is 3.20. The van der Waals surface area contributed by atoms with Crippen molar-refractivity contribution >= 4 is 5.91 Å². The molecule has 328 valence electrons. The van der Waals surface area contributed by atoms with Crippen LogP contribution in [0.25, 0.3) is 0 Å². The first kappa shape index (κ1) is 54.3. The highest BCUT2D eigenvalue weighted by atomic mass is 16.3. The average molecular weight is 784 g/mol. The van der Waals surface area contributed by atoms with Gasteiger partial charge in [-0.25, -0.2) is 0 Å². The molecule has 0 saturated heterocycles. The summed E-state index contributed by atoms with van der Waals surface area (Å²) in [5.74, 6) is -0.0741. The Balaban J connectivity index is 3.45. The summed E-state index contributed by atoms with van der Waals surface area (Å²) in [5, 5.41) is 22.9. The predicted octanol–water partition coefficient (Wildman–Crippen LogP) is 15.9. The second-order valence-electron chi connectivity index (χ2n) is 16.9. The molecule has 0 heterocycles. The second kappa shape index (κ2) is 47.7. The Morgan fingerprint density at radius 3 is 1.14 bits per heavy atom. The van der Waals surface area contributed by atoms with Gasteiger partial charge in [0, 0.05) is 6.42 Å². The standard InChI is InChI=1S/C52H97NO3/c1-3-5-7-9-11-13-15-16-17-18-19-20-21-22-23-24-25-26-27-28-29-30-31-32-33-34-35-36-38-40-42-44-46-48-52(56)53-50(49-54)51(55)47-45-43-41-39-37-14-12-10-8-6-4-2/h19-20,22-23,37,39,45,47,50-51,54-55H,3-18,21,24-36,38,40-44,46,48-49H2,1-2H3,(H,53,56)/b20-19-,23-22-,39-37+,47-45+. The second-order valence-corrected chi connectivity index (χ2v) is 16.9. The molecule has 0 aliphatic heterocycles. The molecule has 2 atom stereocenters. The van der Waals surface area contributed by atoms with Crippen LogP contribution < -0.4 is 5.32 Å². The maximum absolute atomic E-state index is 12.4. The van der Waals surface area contributed by atoms with Crippen molar-refractivity contribution in [1.82, 2.24) is 5.32 Å². The third kappa shape index (κ3) is 43.5. The third-order valence-electron chi connectivity index (χ3n) is 11.3. The van der Waals surface area contributed by atoms with Crippen molar-refractivity contribution in [2.75, 3.05) is 6.61 Å². The first-order valence-electron chi connectivity index (χ1n) is 24.9. The van der Waals surface area contributed by atoms with Gasteiger partial charge in [-0.2, -0.15) is 0 Å². The minimum Gasteiger partial charge on any atom is -0.394 e. The maximum atomic E-state index is 12.4. The Labute approximate surface area is 350 Å². The van der Waals surface area contributed by atoms with Crippen LogP contribution in [0.1, 0.15) is 258 Å². The Morgan fingerprint density at radius 2 is 0.750 bits per heavy atom. The van der Waals surface area contributed by atoms with E-state index >= 15 is 0 Å². The van der Waals surface area contributed by atoms with Crippen molar-refractivity contribution in [2.45, 2.75) is 270 Å². The Morgan fingerprint density at radius 1 is 0.429 bits per heavy atom. The Kier molecular flexibility index (Phi) is 46.3. The lowest BCUT2D eigenvalue weighted by Crippen LogP contribution is -2.45. The zero-order chi connectivity index (χ0) is 40.7. The number of carbonyl (C=O) groups excluding carboxylic acids is 1. The SMILES string of the molecule is CCCCCCC/C=C/CC/C=C/C(O)C(CO)NC(=O)CCCCCCCCCCCCCCCCCCC/C=C\C/C=C\CCCCCCCCCCC. The van der Waals surface area contributed by atoms with E-state index in [4.69, 9.17) is 0 Å². The summed E-state index contributed by atoms with van der Waals surface area (Å²) in [6.07, 6.45) is 65.5. The van der Waals surface area contributed by atoms with Gasteiger partial charge in [0.15, 0.2) is 0 Å². The molecular weight excluding hydrogens is 687 g/mol. The lowest BCUT2D eigenvalue weighted by molar-refractivity contribution is -0.123. The summed E-state index contributed by atoms with van der Waals surface area (Å²) in [6.45, 7) is 4.28. The zero-order valence-electron chi connectivity index (χ0n) is 37.7. The predicted molar refractivity (Wildman–Crippen MR) is 248 cm³/mol. The summed E-state index contributed by atoms with van der Waals surface area (Å²) < 4.78 is 0. The molecule has 4 nitrogen and oxygen atoms in total. The largest absolute Gasteiger partial charge is 0.394 e. The molecule has 2 unspecified atom stereocenters. The number of hydrogen-bond donors (Lipinski definition) is 3. The van der Waals surface area contributed by atoms with Crippen LogP contribution in [-0.4, -0.2) is 34.9 Å².